The number of carbonyl (C=O) groups excluding carboxylic acids is 2. The lowest BCUT2D eigenvalue weighted by molar-refractivity contribution is -0.135. The quantitative estimate of drug-likeness (QED) is 0.672. The summed E-state index contributed by atoms with van der Waals surface area (Å²) < 4.78 is 0. The second-order valence-corrected chi connectivity index (χ2v) is 5.75. The molecule has 3 unspecified atom stereocenters. The molecule has 0 aliphatic carbocycles. The van der Waals surface area contributed by atoms with E-state index in [2.05, 4.69) is 12.2 Å². The molecule has 1 fully saturated rings. The molecular formula is C14H28N4O2. The van der Waals surface area contributed by atoms with Crippen LogP contribution in [0, 0.1) is 5.92 Å². The van der Waals surface area contributed by atoms with E-state index in [0.717, 1.165) is 32.2 Å². The van der Waals surface area contributed by atoms with Gasteiger partial charge < -0.3 is 21.7 Å². The first-order valence-corrected chi connectivity index (χ1v) is 7.56. The van der Waals surface area contributed by atoms with Gasteiger partial charge >= 0.3 is 6.03 Å². The fourth-order valence-corrected chi connectivity index (χ4v) is 2.70. The summed E-state index contributed by atoms with van der Waals surface area (Å²) in [5.74, 6) is 0.315. The summed E-state index contributed by atoms with van der Waals surface area (Å²) in [6.07, 6.45) is 4.53. The fraction of sp³-hybridized carbons (Fsp3) is 0.857. The van der Waals surface area contributed by atoms with E-state index < -0.39 is 12.1 Å². The van der Waals surface area contributed by atoms with Crippen LogP contribution in [-0.4, -0.2) is 42.0 Å². The van der Waals surface area contributed by atoms with Crippen molar-refractivity contribution >= 4 is 11.9 Å². The summed E-state index contributed by atoms with van der Waals surface area (Å²) in [6.45, 7) is 5.46. The lowest BCUT2D eigenvalue weighted by Gasteiger charge is -2.36. The van der Waals surface area contributed by atoms with Crippen LogP contribution >= 0.6 is 0 Å². The van der Waals surface area contributed by atoms with E-state index in [1.165, 1.54) is 0 Å². The third-order valence-corrected chi connectivity index (χ3v) is 3.97. The number of nitrogens with one attached hydrogen (secondary N) is 1. The van der Waals surface area contributed by atoms with Crippen LogP contribution in [0.4, 0.5) is 4.79 Å². The van der Waals surface area contributed by atoms with Gasteiger partial charge in [-0.2, -0.15) is 0 Å². The van der Waals surface area contributed by atoms with Crippen LogP contribution in [0.2, 0.25) is 0 Å². The second-order valence-electron chi connectivity index (χ2n) is 5.75. The standard InChI is InChI=1S/C14H28N4O2/c1-3-4-7-12(17-14(16)20)13(19)18-8-5-6-11(9-18)10(2)15/h10-12H,3-9,15H2,1-2H3,(H3,16,17,20). The molecule has 0 aromatic carbocycles. The number of primary amides is 1. The smallest absolute Gasteiger partial charge is 0.312 e. The van der Waals surface area contributed by atoms with Gasteiger partial charge in [-0.25, -0.2) is 4.79 Å². The molecular weight excluding hydrogens is 256 g/mol. The summed E-state index contributed by atoms with van der Waals surface area (Å²) in [5.41, 5.74) is 11.1. The number of amides is 3. The number of hydrogen-bond acceptors (Lipinski definition) is 3. The van der Waals surface area contributed by atoms with E-state index >= 15 is 0 Å². The Morgan fingerprint density at radius 3 is 2.70 bits per heavy atom. The van der Waals surface area contributed by atoms with E-state index in [1.807, 2.05) is 11.8 Å². The number of nitrogens with zero attached hydrogens (tertiary/aromatic N) is 1. The Kier molecular flexibility index (Phi) is 6.78. The number of carbonyl (C=O) groups is 2. The predicted octanol–water partition coefficient (Wildman–Crippen LogP) is 0.799. The van der Waals surface area contributed by atoms with Crippen LogP contribution in [0.25, 0.3) is 0 Å². The van der Waals surface area contributed by atoms with Gasteiger partial charge in [-0.15, -0.1) is 0 Å². The predicted molar refractivity (Wildman–Crippen MR) is 79.0 cm³/mol. The molecule has 1 heterocycles. The molecule has 1 aliphatic rings. The van der Waals surface area contributed by atoms with Crippen molar-refractivity contribution < 1.29 is 9.59 Å². The number of urea groups is 1. The van der Waals surface area contributed by atoms with Crippen molar-refractivity contribution in [1.82, 2.24) is 10.2 Å². The normalized spacial score (nSPS) is 22.1. The van der Waals surface area contributed by atoms with E-state index in [4.69, 9.17) is 11.5 Å². The first-order valence-electron chi connectivity index (χ1n) is 7.56. The Balaban J connectivity index is 2.64. The van der Waals surface area contributed by atoms with Crippen molar-refractivity contribution in [3.63, 3.8) is 0 Å². The van der Waals surface area contributed by atoms with E-state index in [9.17, 15) is 9.59 Å². The monoisotopic (exact) mass is 284 g/mol. The Bertz CT molecular complexity index is 333. The molecule has 6 nitrogen and oxygen atoms in total. The van der Waals surface area contributed by atoms with Gasteiger partial charge in [0.1, 0.15) is 6.04 Å². The fourth-order valence-electron chi connectivity index (χ4n) is 2.70. The Morgan fingerprint density at radius 2 is 2.15 bits per heavy atom. The van der Waals surface area contributed by atoms with Crippen molar-refractivity contribution in [2.75, 3.05) is 13.1 Å². The molecule has 3 amide bonds. The topological polar surface area (TPSA) is 101 Å². The minimum atomic E-state index is -0.639. The maximum Gasteiger partial charge on any atom is 0.312 e. The molecule has 0 bridgehead atoms. The minimum Gasteiger partial charge on any atom is -0.352 e. The van der Waals surface area contributed by atoms with Gasteiger partial charge in [0, 0.05) is 19.1 Å². The van der Waals surface area contributed by atoms with Gasteiger partial charge in [-0.1, -0.05) is 19.8 Å². The Morgan fingerprint density at radius 1 is 1.45 bits per heavy atom. The van der Waals surface area contributed by atoms with Crippen molar-refractivity contribution in [2.24, 2.45) is 17.4 Å². The molecule has 116 valence electrons. The van der Waals surface area contributed by atoms with Gasteiger partial charge in [0.2, 0.25) is 5.91 Å². The molecule has 0 radical (unpaired) electrons. The summed E-state index contributed by atoms with van der Waals surface area (Å²) >= 11 is 0. The maximum absolute atomic E-state index is 12.5. The molecule has 3 atom stereocenters. The van der Waals surface area contributed by atoms with Gasteiger partial charge in [0.25, 0.3) is 0 Å². The highest BCUT2D eigenvalue weighted by molar-refractivity contribution is 5.86. The van der Waals surface area contributed by atoms with E-state index in [0.29, 0.717) is 18.9 Å². The highest BCUT2D eigenvalue weighted by atomic mass is 16.2. The number of unbranched alkanes of at least 4 members (excludes halogenated alkanes) is 1. The highest BCUT2D eigenvalue weighted by Crippen LogP contribution is 2.20. The number of piperidine rings is 1. The third-order valence-electron chi connectivity index (χ3n) is 3.97. The van der Waals surface area contributed by atoms with Gasteiger partial charge in [-0.3, -0.25) is 4.79 Å². The van der Waals surface area contributed by atoms with Crippen LogP contribution < -0.4 is 16.8 Å². The summed E-state index contributed by atoms with van der Waals surface area (Å²) in [6, 6.07) is -1.05. The summed E-state index contributed by atoms with van der Waals surface area (Å²) in [5, 5.41) is 2.57. The zero-order valence-corrected chi connectivity index (χ0v) is 12.6. The minimum absolute atomic E-state index is 0.0254. The third kappa shape index (κ3) is 5.00. The first kappa shape index (κ1) is 16.8. The number of nitrogens with two attached hydrogens (primary N) is 2. The van der Waals surface area contributed by atoms with E-state index in [1.54, 1.807) is 0 Å². The zero-order valence-electron chi connectivity index (χ0n) is 12.6. The lowest BCUT2D eigenvalue weighted by atomic mass is 9.91. The van der Waals surface area contributed by atoms with Crippen molar-refractivity contribution in [1.29, 1.82) is 0 Å². The molecule has 1 aliphatic heterocycles. The molecule has 0 saturated carbocycles. The molecule has 0 aromatic heterocycles. The molecule has 6 heteroatoms. The maximum atomic E-state index is 12.5. The van der Waals surface area contributed by atoms with Crippen LogP contribution in [0.5, 0.6) is 0 Å². The average Bonchev–Trinajstić information content (AvgIpc) is 2.42. The van der Waals surface area contributed by atoms with Gasteiger partial charge in [0.05, 0.1) is 0 Å². The molecule has 1 saturated heterocycles. The molecule has 5 N–H and O–H groups in total. The SMILES string of the molecule is CCCCC(NC(N)=O)C(=O)N1CCCC(C(C)N)C1. The zero-order chi connectivity index (χ0) is 15.1. The van der Waals surface area contributed by atoms with Crippen LogP contribution in [0.3, 0.4) is 0 Å². The first-order chi connectivity index (χ1) is 9.45. The molecule has 1 rings (SSSR count). The average molecular weight is 284 g/mol. The molecule has 20 heavy (non-hydrogen) atoms. The largest absolute Gasteiger partial charge is 0.352 e. The van der Waals surface area contributed by atoms with E-state index in [-0.39, 0.29) is 11.9 Å². The lowest BCUT2D eigenvalue weighted by Crippen LogP contribution is -2.53. The Labute approximate surface area is 121 Å². The van der Waals surface area contributed by atoms with Crippen molar-refractivity contribution in [3.05, 3.63) is 0 Å². The second kappa shape index (κ2) is 8.09. The van der Waals surface area contributed by atoms with Crippen molar-refractivity contribution in [3.8, 4) is 0 Å². The number of likely N-dealkylation sites (tertiary alicyclic amines) is 1. The highest BCUT2D eigenvalue weighted by Gasteiger charge is 2.30. The van der Waals surface area contributed by atoms with Crippen LogP contribution in [-0.2, 0) is 4.79 Å². The van der Waals surface area contributed by atoms with Crippen LogP contribution in [0.15, 0.2) is 0 Å². The van der Waals surface area contributed by atoms with Gasteiger partial charge in [-0.05, 0) is 32.1 Å². The van der Waals surface area contributed by atoms with Gasteiger partial charge in [0.15, 0.2) is 0 Å². The number of hydrogen-bond donors (Lipinski definition) is 3. The Hall–Kier alpha value is -1.30. The summed E-state index contributed by atoms with van der Waals surface area (Å²) in [7, 11) is 0. The summed E-state index contributed by atoms with van der Waals surface area (Å²) in [4.78, 5) is 25.4. The molecule has 0 aromatic rings. The van der Waals surface area contributed by atoms with Crippen molar-refractivity contribution in [2.45, 2.75) is 58.0 Å². The van der Waals surface area contributed by atoms with Crippen LogP contribution in [0.1, 0.15) is 46.0 Å². The number of rotatable bonds is 6. The molecule has 0 spiro atoms.